The molecule has 3 atom stereocenters. The standard InChI is InChI=1S/C67H129N2O7P/c1-7-10-13-16-19-22-25-28-30-32-33-34-35-37-39-42-45-48-51-54-57-60-67(71)76-65(58-55-52-49-46-43-40-27-24-21-18-15-12-9-3)64(63-75-77(72,73)74-62-61-69(4,5)6)68-66(70)59-56-53-50-47-44-41-38-36-31-29-26-23-20-17-14-11-8-2/h20,23,29,31,55,58,64-65H,7-19,21-22,24-28,30,32-54,56-57,59-63H2,1-6H3,(H-,68,70,72,73)/p+1/b23-20-,31-29-,58-55+. The van der Waals surface area contributed by atoms with Gasteiger partial charge in [-0.05, 0) is 63.9 Å². The fourth-order valence-electron chi connectivity index (χ4n) is 9.91. The zero-order valence-electron chi connectivity index (χ0n) is 52.0. The molecular weight excluding hydrogens is 976 g/mol. The van der Waals surface area contributed by atoms with Gasteiger partial charge >= 0.3 is 13.8 Å². The molecule has 1 amide bonds. The molecule has 0 aromatic rings. The fraction of sp³-hybridized carbons (Fsp3) is 0.881. The Morgan fingerprint density at radius 3 is 1.19 bits per heavy atom. The molecule has 77 heavy (non-hydrogen) atoms. The first-order valence-electron chi connectivity index (χ1n) is 33.3. The lowest BCUT2D eigenvalue weighted by Gasteiger charge is -2.27. The van der Waals surface area contributed by atoms with E-state index in [1.54, 1.807) is 0 Å². The van der Waals surface area contributed by atoms with E-state index >= 15 is 0 Å². The summed E-state index contributed by atoms with van der Waals surface area (Å²) in [6.45, 7) is 7.03. The van der Waals surface area contributed by atoms with Crippen LogP contribution in [0.2, 0.25) is 0 Å². The SMILES string of the molecule is CCCCC/C=C\C/C=C\CCCCCCCCCC(=O)NC(COP(=O)(O)OCC[N+](C)(C)C)C(/C=C/CCCCCCCCCCCCC)OC(=O)CCCCCCCCCCCCCCCCCCCCCCC. The molecule has 454 valence electrons. The molecule has 0 aliphatic carbocycles. The van der Waals surface area contributed by atoms with Gasteiger partial charge in [0, 0.05) is 12.8 Å². The predicted molar refractivity (Wildman–Crippen MR) is 332 cm³/mol. The summed E-state index contributed by atoms with van der Waals surface area (Å²) in [5.74, 6) is -0.497. The maximum atomic E-state index is 13.6. The van der Waals surface area contributed by atoms with Crippen LogP contribution in [-0.2, 0) is 27.9 Å². The van der Waals surface area contributed by atoms with E-state index in [4.69, 9.17) is 13.8 Å². The van der Waals surface area contributed by atoms with Crippen LogP contribution >= 0.6 is 7.82 Å². The average Bonchev–Trinajstić information content (AvgIpc) is 3.39. The number of hydrogen-bond donors (Lipinski definition) is 2. The Hall–Kier alpha value is -1.77. The highest BCUT2D eigenvalue weighted by molar-refractivity contribution is 7.47. The number of unbranched alkanes of at least 4 members (excludes halogenated alkanes) is 41. The molecule has 0 aromatic carbocycles. The number of nitrogens with one attached hydrogen (secondary N) is 1. The van der Waals surface area contributed by atoms with Crippen LogP contribution in [0.15, 0.2) is 36.5 Å². The highest BCUT2D eigenvalue weighted by atomic mass is 31.2. The van der Waals surface area contributed by atoms with Gasteiger partial charge in [0.1, 0.15) is 19.3 Å². The lowest BCUT2D eigenvalue weighted by atomic mass is 10.0. The lowest BCUT2D eigenvalue weighted by molar-refractivity contribution is -0.870. The number of allylic oxidation sites excluding steroid dienone is 5. The van der Waals surface area contributed by atoms with Gasteiger partial charge in [-0.15, -0.1) is 0 Å². The van der Waals surface area contributed by atoms with Crippen LogP contribution in [0.4, 0.5) is 0 Å². The first-order valence-corrected chi connectivity index (χ1v) is 34.8. The fourth-order valence-corrected chi connectivity index (χ4v) is 10.7. The van der Waals surface area contributed by atoms with Gasteiger partial charge in [0.05, 0.1) is 33.8 Å². The van der Waals surface area contributed by atoms with Crippen LogP contribution < -0.4 is 5.32 Å². The molecule has 0 aliphatic heterocycles. The van der Waals surface area contributed by atoms with E-state index in [2.05, 4.69) is 50.4 Å². The summed E-state index contributed by atoms with van der Waals surface area (Å²) >= 11 is 0. The Kier molecular flexibility index (Phi) is 56.1. The molecule has 10 heteroatoms. The molecule has 0 aliphatic rings. The molecule has 0 saturated carbocycles. The minimum atomic E-state index is -4.45. The Bertz CT molecular complexity index is 1410. The van der Waals surface area contributed by atoms with Gasteiger partial charge in [-0.3, -0.25) is 18.6 Å². The quantitative estimate of drug-likeness (QED) is 0.0205. The molecule has 0 spiro atoms. The number of ether oxygens (including phenoxy) is 1. The molecule has 9 nitrogen and oxygen atoms in total. The van der Waals surface area contributed by atoms with Crippen molar-refractivity contribution in [2.45, 2.75) is 341 Å². The van der Waals surface area contributed by atoms with Crippen molar-refractivity contribution in [3.63, 3.8) is 0 Å². The van der Waals surface area contributed by atoms with Gasteiger partial charge in [0.15, 0.2) is 0 Å². The zero-order valence-corrected chi connectivity index (χ0v) is 52.9. The van der Waals surface area contributed by atoms with Crippen LogP contribution in [0.25, 0.3) is 0 Å². The summed E-state index contributed by atoms with van der Waals surface area (Å²) in [5.41, 5.74) is 0. The molecule has 0 saturated heterocycles. The number of phosphoric ester groups is 1. The number of carbonyl (C=O) groups excluding carboxylic acids is 2. The van der Waals surface area contributed by atoms with Crippen molar-refractivity contribution in [2.75, 3.05) is 40.9 Å². The molecule has 0 bridgehead atoms. The van der Waals surface area contributed by atoms with Gasteiger partial charge < -0.3 is 19.4 Å². The highest BCUT2D eigenvalue weighted by Crippen LogP contribution is 2.43. The summed E-state index contributed by atoms with van der Waals surface area (Å²) in [4.78, 5) is 37.8. The van der Waals surface area contributed by atoms with Gasteiger partial charge in [0.2, 0.25) is 5.91 Å². The molecule has 0 rings (SSSR count). The normalized spacial score (nSPS) is 13.8. The van der Waals surface area contributed by atoms with Crippen molar-refractivity contribution in [1.82, 2.24) is 5.32 Å². The maximum absolute atomic E-state index is 13.6. The number of hydrogen-bond acceptors (Lipinski definition) is 6. The van der Waals surface area contributed by atoms with E-state index in [1.165, 1.54) is 218 Å². The van der Waals surface area contributed by atoms with E-state index in [0.29, 0.717) is 23.9 Å². The van der Waals surface area contributed by atoms with Crippen LogP contribution in [-0.4, -0.2) is 74.3 Å². The van der Waals surface area contributed by atoms with Crippen LogP contribution in [0.3, 0.4) is 0 Å². The number of rotatable bonds is 61. The third-order valence-corrected chi connectivity index (χ3v) is 16.1. The molecule has 0 radical (unpaired) electrons. The second-order valence-electron chi connectivity index (χ2n) is 24.0. The Labute approximate surface area is 478 Å². The molecule has 2 N–H and O–H groups in total. The summed E-state index contributed by atoms with van der Waals surface area (Å²) in [5, 5.41) is 3.06. The van der Waals surface area contributed by atoms with Crippen molar-refractivity contribution >= 4 is 19.7 Å². The molecule has 3 unspecified atom stereocenters. The first-order chi connectivity index (χ1) is 37.4. The van der Waals surface area contributed by atoms with Crippen LogP contribution in [0.1, 0.15) is 329 Å². The Morgan fingerprint density at radius 1 is 0.455 bits per heavy atom. The zero-order chi connectivity index (χ0) is 56.4. The minimum Gasteiger partial charge on any atom is -0.456 e. The predicted octanol–water partition coefficient (Wildman–Crippen LogP) is 20.7. The molecule has 0 fully saturated rings. The number of esters is 1. The topological polar surface area (TPSA) is 111 Å². The average molecular weight is 1110 g/mol. The second-order valence-corrected chi connectivity index (χ2v) is 25.5. The van der Waals surface area contributed by atoms with E-state index in [1.807, 2.05) is 33.3 Å². The summed E-state index contributed by atoms with van der Waals surface area (Å²) in [7, 11) is 1.50. The summed E-state index contributed by atoms with van der Waals surface area (Å²) < 4.78 is 30.8. The number of phosphoric acid groups is 1. The number of likely N-dealkylation sites (N-methyl/N-ethyl adjacent to an activating group) is 1. The number of quaternary nitrogens is 1. The van der Waals surface area contributed by atoms with Crippen molar-refractivity contribution < 1.29 is 37.3 Å². The molecular formula is C67H130N2O7P+. The minimum absolute atomic E-state index is 0.0409. The van der Waals surface area contributed by atoms with E-state index in [0.717, 1.165) is 77.0 Å². The van der Waals surface area contributed by atoms with E-state index < -0.39 is 20.0 Å². The molecule has 0 heterocycles. The number of amides is 1. The van der Waals surface area contributed by atoms with Crippen molar-refractivity contribution in [1.29, 1.82) is 0 Å². The first kappa shape index (κ1) is 75.2. The largest absolute Gasteiger partial charge is 0.472 e. The van der Waals surface area contributed by atoms with Crippen molar-refractivity contribution in [3.8, 4) is 0 Å². The Balaban J connectivity index is 5.18. The van der Waals surface area contributed by atoms with Gasteiger partial charge in [-0.2, -0.15) is 0 Å². The summed E-state index contributed by atoms with van der Waals surface area (Å²) in [6.07, 6.45) is 70.0. The van der Waals surface area contributed by atoms with E-state index in [-0.39, 0.29) is 25.1 Å². The highest BCUT2D eigenvalue weighted by Gasteiger charge is 2.30. The second kappa shape index (κ2) is 57.5. The van der Waals surface area contributed by atoms with Crippen LogP contribution in [0, 0.1) is 0 Å². The Morgan fingerprint density at radius 2 is 0.792 bits per heavy atom. The monoisotopic (exact) mass is 1110 g/mol. The number of nitrogens with zero attached hydrogens (tertiary/aromatic N) is 1. The van der Waals surface area contributed by atoms with Gasteiger partial charge in [0.25, 0.3) is 0 Å². The van der Waals surface area contributed by atoms with Gasteiger partial charge in [-0.1, -0.05) is 289 Å². The lowest BCUT2D eigenvalue weighted by Crippen LogP contribution is -2.47. The third-order valence-electron chi connectivity index (χ3n) is 15.1. The third kappa shape index (κ3) is 58.7. The van der Waals surface area contributed by atoms with E-state index in [9.17, 15) is 19.0 Å². The summed E-state index contributed by atoms with van der Waals surface area (Å²) in [6, 6.07) is -0.849. The van der Waals surface area contributed by atoms with Gasteiger partial charge in [-0.25, -0.2) is 4.57 Å². The van der Waals surface area contributed by atoms with Crippen LogP contribution in [0.5, 0.6) is 0 Å². The number of carbonyl (C=O) groups is 2. The smallest absolute Gasteiger partial charge is 0.456 e. The van der Waals surface area contributed by atoms with Crippen molar-refractivity contribution in [2.24, 2.45) is 0 Å². The maximum Gasteiger partial charge on any atom is 0.472 e. The molecule has 0 aromatic heterocycles. The van der Waals surface area contributed by atoms with Crippen molar-refractivity contribution in [3.05, 3.63) is 36.5 Å².